The monoisotopic (exact) mass is 276 g/mol. The van der Waals surface area contributed by atoms with E-state index in [1.165, 1.54) is 5.56 Å². The lowest BCUT2D eigenvalue weighted by Crippen LogP contribution is -2.38. The SMILES string of the molecule is CC[C@@H](CCCCN)C(=O)N[C@@H](C)Cc1ccccc1. The number of nitrogens with two attached hydrogens (primary N) is 1. The number of hydrogen-bond donors (Lipinski definition) is 2. The van der Waals surface area contributed by atoms with Crippen LogP contribution in [0.2, 0.25) is 0 Å². The van der Waals surface area contributed by atoms with Crippen LogP contribution in [-0.4, -0.2) is 18.5 Å². The summed E-state index contributed by atoms with van der Waals surface area (Å²) in [6, 6.07) is 10.4. The van der Waals surface area contributed by atoms with E-state index in [4.69, 9.17) is 5.73 Å². The summed E-state index contributed by atoms with van der Waals surface area (Å²) in [4.78, 5) is 12.2. The molecule has 0 bridgehead atoms. The van der Waals surface area contributed by atoms with Crippen molar-refractivity contribution in [1.82, 2.24) is 5.32 Å². The lowest BCUT2D eigenvalue weighted by Gasteiger charge is -2.19. The first-order valence-corrected chi connectivity index (χ1v) is 7.71. The smallest absolute Gasteiger partial charge is 0.223 e. The highest BCUT2D eigenvalue weighted by molar-refractivity contribution is 5.78. The summed E-state index contributed by atoms with van der Waals surface area (Å²) >= 11 is 0. The average Bonchev–Trinajstić information content (AvgIpc) is 2.44. The normalized spacial score (nSPS) is 13.8. The van der Waals surface area contributed by atoms with Gasteiger partial charge in [-0.05, 0) is 44.7 Å². The number of benzene rings is 1. The Morgan fingerprint density at radius 2 is 1.95 bits per heavy atom. The highest BCUT2D eigenvalue weighted by Gasteiger charge is 2.17. The molecule has 1 rings (SSSR count). The van der Waals surface area contributed by atoms with Gasteiger partial charge in [-0.1, -0.05) is 43.7 Å². The van der Waals surface area contributed by atoms with Crippen LogP contribution in [0.4, 0.5) is 0 Å². The number of amides is 1. The molecule has 0 radical (unpaired) electrons. The molecule has 0 fully saturated rings. The van der Waals surface area contributed by atoms with Crippen molar-refractivity contribution in [2.24, 2.45) is 11.7 Å². The summed E-state index contributed by atoms with van der Waals surface area (Å²) in [6.07, 6.45) is 4.76. The predicted molar refractivity (Wildman–Crippen MR) is 84.4 cm³/mol. The predicted octanol–water partition coefficient (Wildman–Crippen LogP) is 2.89. The molecular formula is C17H28N2O. The zero-order chi connectivity index (χ0) is 14.8. The van der Waals surface area contributed by atoms with Gasteiger partial charge in [0.15, 0.2) is 0 Å². The van der Waals surface area contributed by atoms with Gasteiger partial charge in [-0.2, -0.15) is 0 Å². The maximum absolute atomic E-state index is 12.2. The zero-order valence-corrected chi connectivity index (χ0v) is 12.8. The van der Waals surface area contributed by atoms with Gasteiger partial charge in [-0.25, -0.2) is 0 Å². The quantitative estimate of drug-likeness (QED) is 0.681. The third-order valence-corrected chi connectivity index (χ3v) is 3.64. The summed E-state index contributed by atoms with van der Waals surface area (Å²) in [6.45, 7) is 4.86. The number of hydrogen-bond acceptors (Lipinski definition) is 2. The van der Waals surface area contributed by atoms with Gasteiger partial charge >= 0.3 is 0 Å². The van der Waals surface area contributed by atoms with Gasteiger partial charge < -0.3 is 11.1 Å². The van der Waals surface area contributed by atoms with Crippen molar-refractivity contribution in [3.8, 4) is 0 Å². The van der Waals surface area contributed by atoms with Crippen LogP contribution in [0.25, 0.3) is 0 Å². The third-order valence-electron chi connectivity index (χ3n) is 3.64. The van der Waals surface area contributed by atoms with Crippen LogP contribution in [-0.2, 0) is 11.2 Å². The van der Waals surface area contributed by atoms with Crippen molar-refractivity contribution >= 4 is 5.91 Å². The second-order valence-electron chi connectivity index (χ2n) is 5.49. The molecule has 3 N–H and O–H groups in total. The second-order valence-corrected chi connectivity index (χ2v) is 5.49. The minimum Gasteiger partial charge on any atom is -0.353 e. The Kier molecular flexibility index (Phi) is 7.97. The summed E-state index contributed by atoms with van der Waals surface area (Å²) in [5, 5.41) is 3.14. The van der Waals surface area contributed by atoms with Crippen LogP contribution in [0, 0.1) is 5.92 Å². The number of rotatable bonds is 9. The molecule has 0 spiro atoms. The summed E-state index contributed by atoms with van der Waals surface area (Å²) in [5.74, 6) is 0.313. The van der Waals surface area contributed by atoms with Crippen LogP contribution in [0.15, 0.2) is 30.3 Å². The first-order chi connectivity index (χ1) is 9.67. The summed E-state index contributed by atoms with van der Waals surface area (Å²) in [5.41, 5.74) is 6.76. The van der Waals surface area contributed by atoms with Crippen molar-refractivity contribution in [2.75, 3.05) is 6.54 Å². The molecule has 112 valence electrons. The molecule has 0 heterocycles. The standard InChI is InChI=1S/C17H28N2O/c1-3-16(11-7-8-12-18)17(20)19-14(2)13-15-9-5-4-6-10-15/h4-6,9-10,14,16H,3,7-8,11-13,18H2,1-2H3,(H,19,20)/t14-,16-/m0/s1. The van der Waals surface area contributed by atoms with Crippen LogP contribution in [0.3, 0.4) is 0 Å². The highest BCUT2D eigenvalue weighted by atomic mass is 16.1. The number of carbonyl (C=O) groups excluding carboxylic acids is 1. The van der Waals surface area contributed by atoms with Crippen LogP contribution < -0.4 is 11.1 Å². The molecule has 3 heteroatoms. The van der Waals surface area contributed by atoms with E-state index < -0.39 is 0 Å². The molecule has 1 aromatic rings. The number of unbranched alkanes of at least 4 members (excludes halogenated alkanes) is 1. The van der Waals surface area contributed by atoms with Crippen molar-refractivity contribution in [3.63, 3.8) is 0 Å². The van der Waals surface area contributed by atoms with Gasteiger partial charge in [0.25, 0.3) is 0 Å². The van der Waals surface area contributed by atoms with E-state index in [2.05, 4.69) is 31.3 Å². The Labute approximate surface area is 122 Å². The highest BCUT2D eigenvalue weighted by Crippen LogP contribution is 2.13. The first-order valence-electron chi connectivity index (χ1n) is 7.71. The van der Waals surface area contributed by atoms with Gasteiger partial charge in [0.1, 0.15) is 0 Å². The fourth-order valence-corrected chi connectivity index (χ4v) is 2.44. The minimum absolute atomic E-state index is 0.125. The van der Waals surface area contributed by atoms with Crippen molar-refractivity contribution in [2.45, 2.75) is 52.0 Å². The molecule has 0 saturated heterocycles. The van der Waals surface area contributed by atoms with E-state index in [0.717, 1.165) is 32.1 Å². The lowest BCUT2D eigenvalue weighted by molar-refractivity contribution is -0.125. The summed E-state index contributed by atoms with van der Waals surface area (Å²) < 4.78 is 0. The van der Waals surface area contributed by atoms with E-state index in [-0.39, 0.29) is 17.9 Å². The Morgan fingerprint density at radius 3 is 2.55 bits per heavy atom. The molecule has 20 heavy (non-hydrogen) atoms. The van der Waals surface area contributed by atoms with Gasteiger partial charge in [0.05, 0.1) is 0 Å². The molecule has 0 unspecified atom stereocenters. The Bertz CT molecular complexity index is 378. The average molecular weight is 276 g/mol. The topological polar surface area (TPSA) is 55.1 Å². The van der Waals surface area contributed by atoms with Crippen LogP contribution in [0.1, 0.15) is 45.1 Å². The minimum atomic E-state index is 0.125. The fraction of sp³-hybridized carbons (Fsp3) is 0.588. The Balaban J connectivity index is 2.39. The van der Waals surface area contributed by atoms with Gasteiger partial charge in [0.2, 0.25) is 5.91 Å². The maximum atomic E-state index is 12.2. The van der Waals surface area contributed by atoms with E-state index in [1.807, 2.05) is 18.2 Å². The fourth-order valence-electron chi connectivity index (χ4n) is 2.44. The first kappa shape index (κ1) is 16.7. The van der Waals surface area contributed by atoms with Crippen molar-refractivity contribution < 1.29 is 4.79 Å². The van der Waals surface area contributed by atoms with E-state index in [9.17, 15) is 4.79 Å². The number of carbonyl (C=O) groups is 1. The maximum Gasteiger partial charge on any atom is 0.223 e. The molecule has 0 aromatic heterocycles. The van der Waals surface area contributed by atoms with Crippen molar-refractivity contribution in [1.29, 1.82) is 0 Å². The van der Waals surface area contributed by atoms with E-state index in [1.54, 1.807) is 0 Å². The third kappa shape index (κ3) is 6.20. The Hall–Kier alpha value is -1.35. The van der Waals surface area contributed by atoms with Gasteiger partial charge in [0, 0.05) is 12.0 Å². The summed E-state index contributed by atoms with van der Waals surface area (Å²) in [7, 11) is 0. The molecule has 1 aromatic carbocycles. The largest absolute Gasteiger partial charge is 0.353 e. The van der Waals surface area contributed by atoms with E-state index in [0.29, 0.717) is 6.54 Å². The number of nitrogens with one attached hydrogen (secondary N) is 1. The second kappa shape index (κ2) is 9.54. The molecule has 0 aliphatic rings. The molecule has 3 nitrogen and oxygen atoms in total. The Morgan fingerprint density at radius 1 is 1.25 bits per heavy atom. The molecule has 1 amide bonds. The lowest BCUT2D eigenvalue weighted by atomic mass is 9.97. The van der Waals surface area contributed by atoms with Crippen molar-refractivity contribution in [3.05, 3.63) is 35.9 Å². The molecule has 0 aliphatic carbocycles. The van der Waals surface area contributed by atoms with Crippen LogP contribution in [0.5, 0.6) is 0 Å². The molecular weight excluding hydrogens is 248 g/mol. The molecule has 0 aliphatic heterocycles. The molecule has 2 atom stereocenters. The molecule has 0 saturated carbocycles. The van der Waals surface area contributed by atoms with Gasteiger partial charge in [-0.3, -0.25) is 4.79 Å². The van der Waals surface area contributed by atoms with Crippen LogP contribution >= 0.6 is 0 Å². The zero-order valence-electron chi connectivity index (χ0n) is 12.8. The van der Waals surface area contributed by atoms with E-state index >= 15 is 0 Å². The van der Waals surface area contributed by atoms with Gasteiger partial charge in [-0.15, -0.1) is 0 Å².